The van der Waals surface area contributed by atoms with Crippen LogP contribution in [0.15, 0.2) is 96.6 Å². The molecule has 1 aliphatic rings. The first kappa shape index (κ1) is 20.8. The third kappa shape index (κ3) is 3.20. The number of fused-ring (bicyclic) bond motifs is 2. The van der Waals surface area contributed by atoms with Crippen molar-refractivity contribution in [1.82, 2.24) is 9.97 Å². The first-order chi connectivity index (χ1) is 17.0. The highest BCUT2D eigenvalue weighted by atomic mass is 19.1. The summed E-state index contributed by atoms with van der Waals surface area (Å²) in [6.07, 6.45) is 0. The smallest absolute Gasteiger partial charge is 0.302 e. The van der Waals surface area contributed by atoms with Crippen LogP contribution in [-0.2, 0) is 9.59 Å². The fraction of sp³-hybridized carbons (Fsp3) is 0.0357. The number of hydrogen-bond donors (Lipinski definition) is 2. The number of H-pyrrole nitrogens is 1. The van der Waals surface area contributed by atoms with Gasteiger partial charge in [-0.15, -0.1) is 0 Å². The van der Waals surface area contributed by atoms with Gasteiger partial charge in [-0.05, 0) is 29.0 Å². The van der Waals surface area contributed by atoms with Crippen LogP contribution >= 0.6 is 0 Å². The molecule has 0 saturated carbocycles. The molecule has 1 aliphatic heterocycles. The number of benzene rings is 4. The molecule has 4 aromatic carbocycles. The highest BCUT2D eigenvalue weighted by Crippen LogP contribution is 2.43. The summed E-state index contributed by atoms with van der Waals surface area (Å²) in [5.74, 6) is -2.70. The number of nitrogens with zero attached hydrogens (tertiary/aromatic N) is 2. The summed E-state index contributed by atoms with van der Waals surface area (Å²) >= 11 is 0. The van der Waals surface area contributed by atoms with Crippen LogP contribution in [0.25, 0.3) is 27.6 Å². The fourth-order valence-electron chi connectivity index (χ4n) is 4.67. The summed E-state index contributed by atoms with van der Waals surface area (Å²) in [5, 5.41) is 13.0. The number of rotatable bonds is 3. The van der Waals surface area contributed by atoms with E-state index in [0.717, 1.165) is 10.3 Å². The van der Waals surface area contributed by atoms with Crippen molar-refractivity contribution in [2.45, 2.75) is 6.04 Å². The van der Waals surface area contributed by atoms with Crippen molar-refractivity contribution in [3.63, 3.8) is 0 Å². The number of aliphatic hydroxyl groups excluding tert-OH is 1. The van der Waals surface area contributed by atoms with Gasteiger partial charge >= 0.3 is 5.91 Å². The Bertz CT molecular complexity index is 1650. The van der Waals surface area contributed by atoms with E-state index in [4.69, 9.17) is 0 Å². The van der Waals surface area contributed by atoms with Gasteiger partial charge in [-0.2, -0.15) is 0 Å². The molecule has 1 saturated heterocycles. The van der Waals surface area contributed by atoms with E-state index in [2.05, 4.69) is 9.97 Å². The topological polar surface area (TPSA) is 86.3 Å². The van der Waals surface area contributed by atoms with Gasteiger partial charge in [0.1, 0.15) is 17.6 Å². The number of imidazole rings is 1. The Balaban J connectivity index is 1.63. The van der Waals surface area contributed by atoms with Crippen LogP contribution in [0.5, 0.6) is 0 Å². The Kier molecular flexibility index (Phi) is 4.70. The lowest BCUT2D eigenvalue weighted by Gasteiger charge is -2.23. The largest absolute Gasteiger partial charge is 0.507 e. The summed E-state index contributed by atoms with van der Waals surface area (Å²) in [6.45, 7) is 0. The lowest BCUT2D eigenvalue weighted by Crippen LogP contribution is -2.30. The summed E-state index contributed by atoms with van der Waals surface area (Å²) < 4.78 is 15.1. The highest BCUT2D eigenvalue weighted by molar-refractivity contribution is 6.51. The molecule has 6 rings (SSSR count). The number of hydrogen-bond acceptors (Lipinski definition) is 4. The average Bonchev–Trinajstić information content (AvgIpc) is 3.42. The third-order valence-electron chi connectivity index (χ3n) is 6.29. The summed E-state index contributed by atoms with van der Waals surface area (Å²) in [4.78, 5) is 35.4. The molecule has 1 unspecified atom stereocenters. The van der Waals surface area contributed by atoms with E-state index in [1.165, 1.54) is 18.2 Å². The molecular weight excluding hydrogens is 445 g/mol. The van der Waals surface area contributed by atoms with Gasteiger partial charge in [0.05, 0.1) is 16.6 Å². The first-order valence-electron chi connectivity index (χ1n) is 11.0. The summed E-state index contributed by atoms with van der Waals surface area (Å²) in [5.41, 5.74) is 1.51. The number of nitrogens with one attached hydrogen (secondary N) is 1. The van der Waals surface area contributed by atoms with E-state index >= 15 is 4.39 Å². The average molecular weight is 463 g/mol. The Morgan fingerprint density at radius 3 is 2.43 bits per heavy atom. The molecule has 6 nitrogen and oxygen atoms in total. The van der Waals surface area contributed by atoms with Gasteiger partial charge in [0, 0.05) is 11.1 Å². The second-order valence-corrected chi connectivity index (χ2v) is 8.29. The first-order valence-corrected chi connectivity index (χ1v) is 11.0. The number of aromatic nitrogens is 2. The maximum atomic E-state index is 15.1. The quantitative estimate of drug-likeness (QED) is 0.211. The van der Waals surface area contributed by atoms with Crippen LogP contribution < -0.4 is 4.90 Å². The van der Waals surface area contributed by atoms with Crippen molar-refractivity contribution >= 4 is 45.2 Å². The van der Waals surface area contributed by atoms with Crippen molar-refractivity contribution in [3.8, 4) is 0 Å². The monoisotopic (exact) mass is 463 g/mol. The summed E-state index contributed by atoms with van der Waals surface area (Å²) in [6, 6.07) is 24.5. The van der Waals surface area contributed by atoms with Crippen molar-refractivity contribution < 1.29 is 19.1 Å². The standard InChI is InChI=1S/C28H18FN3O3/c29-20-13-4-3-11-19(20)24-23(25(33)18-12-7-9-16-8-1-2-10-17(16)18)26(34)27(35)32(24)28-30-21-14-5-6-15-22(21)31-28/h1-15,24,33H,(H,30,31)/b25-23+. The molecule has 1 atom stereocenters. The number of amides is 1. The van der Waals surface area contributed by atoms with Crippen LogP contribution in [0.1, 0.15) is 17.2 Å². The van der Waals surface area contributed by atoms with Crippen LogP contribution in [0, 0.1) is 5.82 Å². The van der Waals surface area contributed by atoms with E-state index in [-0.39, 0.29) is 22.8 Å². The lowest BCUT2D eigenvalue weighted by atomic mass is 9.93. The van der Waals surface area contributed by atoms with E-state index in [1.54, 1.807) is 36.4 Å². The lowest BCUT2D eigenvalue weighted by molar-refractivity contribution is -0.132. The number of carbonyl (C=O) groups is 2. The number of aliphatic hydroxyl groups is 1. The minimum absolute atomic E-state index is 0.0777. The van der Waals surface area contributed by atoms with E-state index in [9.17, 15) is 14.7 Å². The Hall–Kier alpha value is -4.78. The number of ketones is 1. The molecule has 2 heterocycles. The zero-order valence-corrected chi connectivity index (χ0v) is 18.3. The molecule has 0 radical (unpaired) electrons. The van der Waals surface area contributed by atoms with Crippen LogP contribution in [0.3, 0.4) is 0 Å². The molecule has 1 amide bonds. The Labute approximate surface area is 199 Å². The SMILES string of the molecule is O=C1C(=O)N(c2nc3ccccc3[nH]2)C(c2ccccc2F)/C1=C(\O)c1cccc2ccccc12. The molecular formula is C28H18FN3O3. The maximum absolute atomic E-state index is 15.1. The second-order valence-electron chi connectivity index (χ2n) is 8.29. The maximum Gasteiger partial charge on any atom is 0.302 e. The molecule has 35 heavy (non-hydrogen) atoms. The number of Topliss-reactive ketones (excluding diaryl/α,β-unsaturated/α-hetero) is 1. The number of halogens is 1. The summed E-state index contributed by atoms with van der Waals surface area (Å²) in [7, 11) is 0. The van der Waals surface area contributed by atoms with Gasteiger partial charge < -0.3 is 10.1 Å². The highest BCUT2D eigenvalue weighted by Gasteiger charge is 2.49. The van der Waals surface area contributed by atoms with Crippen LogP contribution in [0.2, 0.25) is 0 Å². The van der Waals surface area contributed by atoms with E-state index in [1.807, 2.05) is 36.4 Å². The van der Waals surface area contributed by atoms with Crippen molar-refractivity contribution in [2.24, 2.45) is 0 Å². The van der Waals surface area contributed by atoms with Gasteiger partial charge in [-0.3, -0.25) is 14.5 Å². The predicted octanol–water partition coefficient (Wildman–Crippen LogP) is 5.48. The van der Waals surface area contributed by atoms with Gasteiger partial charge in [-0.25, -0.2) is 9.37 Å². The van der Waals surface area contributed by atoms with Gasteiger partial charge in [0.2, 0.25) is 5.95 Å². The van der Waals surface area contributed by atoms with Crippen molar-refractivity contribution in [2.75, 3.05) is 4.90 Å². The van der Waals surface area contributed by atoms with Crippen LogP contribution in [0.4, 0.5) is 10.3 Å². The molecule has 170 valence electrons. The minimum Gasteiger partial charge on any atom is -0.507 e. The van der Waals surface area contributed by atoms with Gasteiger partial charge in [0.25, 0.3) is 5.78 Å². The van der Waals surface area contributed by atoms with E-state index in [0.29, 0.717) is 22.0 Å². The zero-order valence-electron chi connectivity index (χ0n) is 18.3. The predicted molar refractivity (Wildman–Crippen MR) is 131 cm³/mol. The minimum atomic E-state index is -1.21. The molecule has 0 aliphatic carbocycles. The second kappa shape index (κ2) is 7.92. The van der Waals surface area contributed by atoms with E-state index < -0.39 is 23.5 Å². The van der Waals surface area contributed by atoms with Gasteiger partial charge in [0.15, 0.2) is 0 Å². The molecule has 7 heteroatoms. The number of carbonyl (C=O) groups excluding carboxylic acids is 2. The fourth-order valence-corrected chi connectivity index (χ4v) is 4.67. The molecule has 1 aromatic heterocycles. The molecule has 2 N–H and O–H groups in total. The molecule has 0 spiro atoms. The zero-order chi connectivity index (χ0) is 24.1. The number of para-hydroxylation sites is 2. The van der Waals surface area contributed by atoms with Crippen LogP contribution in [-0.4, -0.2) is 26.8 Å². The third-order valence-corrected chi connectivity index (χ3v) is 6.29. The molecule has 5 aromatic rings. The normalized spacial score (nSPS) is 17.5. The Morgan fingerprint density at radius 1 is 0.886 bits per heavy atom. The Morgan fingerprint density at radius 2 is 1.60 bits per heavy atom. The molecule has 1 fully saturated rings. The van der Waals surface area contributed by atoms with Crippen molar-refractivity contribution in [1.29, 1.82) is 0 Å². The van der Waals surface area contributed by atoms with Crippen molar-refractivity contribution in [3.05, 3.63) is 114 Å². The number of aromatic amines is 1. The molecule has 0 bridgehead atoms. The number of anilines is 1. The van der Waals surface area contributed by atoms with Gasteiger partial charge in [-0.1, -0.05) is 72.8 Å².